The Labute approximate surface area is 86.4 Å². The molecule has 0 amide bonds. The summed E-state index contributed by atoms with van der Waals surface area (Å²) in [4.78, 5) is 14.6. The van der Waals surface area contributed by atoms with Crippen LogP contribution in [0.3, 0.4) is 0 Å². The van der Waals surface area contributed by atoms with E-state index < -0.39 is 5.97 Å². The van der Waals surface area contributed by atoms with E-state index in [9.17, 15) is 4.79 Å². The quantitative estimate of drug-likeness (QED) is 0.807. The van der Waals surface area contributed by atoms with Crippen LogP contribution in [0.5, 0.6) is 0 Å². The average Bonchev–Trinajstić information content (AvgIpc) is 2.59. The molecule has 15 heavy (non-hydrogen) atoms. The molecule has 0 unspecified atom stereocenters. The Morgan fingerprint density at radius 2 is 2.20 bits per heavy atom. The zero-order chi connectivity index (χ0) is 11.0. The number of imidazole rings is 1. The van der Waals surface area contributed by atoms with Gasteiger partial charge in [0.1, 0.15) is 0 Å². The third-order valence-electron chi connectivity index (χ3n) is 2.15. The molecule has 5 nitrogen and oxygen atoms in total. The Morgan fingerprint density at radius 3 is 2.80 bits per heavy atom. The van der Waals surface area contributed by atoms with Crippen LogP contribution in [0.2, 0.25) is 0 Å². The van der Waals surface area contributed by atoms with Crippen molar-refractivity contribution in [1.82, 2.24) is 14.6 Å². The number of aromatic carboxylic acids is 1. The number of aromatic nitrogens is 3. The molecule has 0 radical (unpaired) electrons. The van der Waals surface area contributed by atoms with Crippen LogP contribution in [0.4, 0.5) is 0 Å². The van der Waals surface area contributed by atoms with E-state index in [1.807, 2.05) is 19.9 Å². The number of rotatable bonds is 2. The minimum atomic E-state index is -1.04. The minimum absolute atomic E-state index is 0.0170. The standard InChI is InChI=1S/C10H11N3O2/c1-6(2)7-3-4-9-11-8(10(14)15)5-13(9)12-7/h3-6H,1-2H3,(H,14,15). The van der Waals surface area contributed by atoms with Crippen molar-refractivity contribution in [3.05, 3.63) is 29.7 Å². The van der Waals surface area contributed by atoms with E-state index >= 15 is 0 Å². The summed E-state index contributed by atoms with van der Waals surface area (Å²) in [5.74, 6) is -0.725. The van der Waals surface area contributed by atoms with Crippen molar-refractivity contribution in [2.75, 3.05) is 0 Å². The molecule has 0 atom stereocenters. The summed E-state index contributed by atoms with van der Waals surface area (Å²) in [6, 6.07) is 3.63. The smallest absolute Gasteiger partial charge is 0.356 e. The van der Waals surface area contributed by atoms with Gasteiger partial charge in [0, 0.05) is 0 Å². The van der Waals surface area contributed by atoms with Crippen molar-refractivity contribution in [2.24, 2.45) is 0 Å². The van der Waals surface area contributed by atoms with Gasteiger partial charge in [0.2, 0.25) is 0 Å². The van der Waals surface area contributed by atoms with Crippen molar-refractivity contribution >= 4 is 11.6 Å². The monoisotopic (exact) mass is 205 g/mol. The molecule has 0 aliphatic heterocycles. The lowest BCUT2D eigenvalue weighted by Crippen LogP contribution is -1.98. The second kappa shape index (κ2) is 3.34. The van der Waals surface area contributed by atoms with Gasteiger partial charge in [0.15, 0.2) is 11.3 Å². The minimum Gasteiger partial charge on any atom is -0.476 e. The molecule has 2 rings (SSSR count). The van der Waals surface area contributed by atoms with Crippen LogP contribution in [0.25, 0.3) is 5.65 Å². The highest BCUT2D eigenvalue weighted by molar-refractivity contribution is 5.85. The van der Waals surface area contributed by atoms with Crippen molar-refractivity contribution < 1.29 is 9.90 Å². The van der Waals surface area contributed by atoms with Gasteiger partial charge in [-0.25, -0.2) is 14.3 Å². The molecule has 2 aromatic rings. The van der Waals surface area contributed by atoms with Crippen LogP contribution in [0.1, 0.15) is 35.9 Å². The van der Waals surface area contributed by atoms with E-state index in [0.29, 0.717) is 11.6 Å². The highest BCUT2D eigenvalue weighted by Gasteiger charge is 2.10. The SMILES string of the molecule is CC(C)c1ccc2nc(C(=O)O)cn2n1. The summed E-state index contributed by atoms with van der Waals surface area (Å²) >= 11 is 0. The topological polar surface area (TPSA) is 67.5 Å². The first-order valence-electron chi connectivity index (χ1n) is 4.67. The Morgan fingerprint density at radius 1 is 1.47 bits per heavy atom. The lowest BCUT2D eigenvalue weighted by atomic mass is 10.1. The molecule has 0 spiro atoms. The molecule has 0 aliphatic rings. The molecule has 0 fully saturated rings. The number of carbonyl (C=O) groups is 1. The van der Waals surface area contributed by atoms with Crippen LogP contribution in [0.15, 0.2) is 18.3 Å². The van der Waals surface area contributed by atoms with Gasteiger partial charge in [-0.1, -0.05) is 13.8 Å². The number of hydrogen-bond donors (Lipinski definition) is 1. The molecule has 0 saturated heterocycles. The van der Waals surface area contributed by atoms with E-state index in [2.05, 4.69) is 10.1 Å². The maximum absolute atomic E-state index is 10.7. The van der Waals surface area contributed by atoms with Crippen molar-refractivity contribution in [2.45, 2.75) is 19.8 Å². The van der Waals surface area contributed by atoms with Crippen molar-refractivity contribution in [1.29, 1.82) is 0 Å². The molecule has 2 heterocycles. The Hall–Kier alpha value is -1.91. The van der Waals surface area contributed by atoms with Gasteiger partial charge < -0.3 is 5.11 Å². The third-order valence-corrected chi connectivity index (χ3v) is 2.15. The van der Waals surface area contributed by atoms with Crippen molar-refractivity contribution in [3.63, 3.8) is 0 Å². The fourth-order valence-electron chi connectivity index (χ4n) is 1.31. The van der Waals surface area contributed by atoms with E-state index in [1.165, 1.54) is 10.7 Å². The summed E-state index contributed by atoms with van der Waals surface area (Å²) in [5, 5.41) is 13.0. The lowest BCUT2D eigenvalue weighted by molar-refractivity contribution is 0.0691. The Balaban J connectivity index is 2.57. The molecular weight excluding hydrogens is 194 g/mol. The van der Waals surface area contributed by atoms with E-state index in [1.54, 1.807) is 6.07 Å². The predicted molar refractivity (Wildman–Crippen MR) is 54.0 cm³/mol. The highest BCUT2D eigenvalue weighted by Crippen LogP contribution is 2.12. The Bertz CT molecular complexity index is 516. The highest BCUT2D eigenvalue weighted by atomic mass is 16.4. The van der Waals surface area contributed by atoms with Crippen LogP contribution in [-0.4, -0.2) is 25.7 Å². The molecule has 0 bridgehead atoms. The molecule has 0 saturated carbocycles. The first-order chi connectivity index (χ1) is 7.08. The summed E-state index contributed by atoms with van der Waals surface area (Å²) in [6.45, 7) is 4.06. The molecule has 5 heteroatoms. The average molecular weight is 205 g/mol. The number of carboxylic acid groups (broad SMARTS) is 1. The lowest BCUT2D eigenvalue weighted by Gasteiger charge is -2.02. The van der Waals surface area contributed by atoms with Gasteiger partial charge in [-0.05, 0) is 18.1 Å². The molecule has 1 N–H and O–H groups in total. The molecule has 78 valence electrons. The number of carboxylic acids is 1. The van der Waals surface area contributed by atoms with Crippen LogP contribution >= 0.6 is 0 Å². The van der Waals surface area contributed by atoms with Gasteiger partial charge >= 0.3 is 5.97 Å². The molecular formula is C10H11N3O2. The number of hydrogen-bond acceptors (Lipinski definition) is 3. The zero-order valence-corrected chi connectivity index (χ0v) is 8.51. The third kappa shape index (κ3) is 1.68. The summed E-state index contributed by atoms with van der Waals surface area (Å²) in [7, 11) is 0. The summed E-state index contributed by atoms with van der Waals surface area (Å²) in [5.41, 5.74) is 1.48. The summed E-state index contributed by atoms with van der Waals surface area (Å²) < 4.78 is 1.50. The second-order valence-corrected chi connectivity index (χ2v) is 3.65. The number of nitrogens with zero attached hydrogens (tertiary/aromatic N) is 3. The second-order valence-electron chi connectivity index (χ2n) is 3.65. The largest absolute Gasteiger partial charge is 0.476 e. The first-order valence-corrected chi connectivity index (χ1v) is 4.67. The zero-order valence-electron chi connectivity index (χ0n) is 8.51. The molecule has 2 aromatic heterocycles. The van der Waals surface area contributed by atoms with E-state index in [-0.39, 0.29) is 5.69 Å². The normalized spacial score (nSPS) is 11.1. The van der Waals surface area contributed by atoms with Crippen LogP contribution in [-0.2, 0) is 0 Å². The fraction of sp³-hybridized carbons (Fsp3) is 0.300. The maximum atomic E-state index is 10.7. The van der Waals surface area contributed by atoms with Crippen LogP contribution in [0, 0.1) is 0 Å². The fourth-order valence-corrected chi connectivity index (χ4v) is 1.31. The van der Waals surface area contributed by atoms with Gasteiger partial charge in [-0.15, -0.1) is 0 Å². The summed E-state index contributed by atoms with van der Waals surface area (Å²) in [6.07, 6.45) is 1.42. The van der Waals surface area contributed by atoms with Gasteiger partial charge in [0.05, 0.1) is 11.9 Å². The van der Waals surface area contributed by atoms with Crippen molar-refractivity contribution in [3.8, 4) is 0 Å². The Kier molecular flexibility index (Phi) is 2.15. The van der Waals surface area contributed by atoms with E-state index in [0.717, 1.165) is 5.69 Å². The van der Waals surface area contributed by atoms with Crippen LogP contribution < -0.4 is 0 Å². The van der Waals surface area contributed by atoms with E-state index in [4.69, 9.17) is 5.11 Å². The van der Waals surface area contributed by atoms with Gasteiger partial charge in [0.25, 0.3) is 0 Å². The first kappa shape index (κ1) is 9.64. The molecule has 0 aromatic carbocycles. The predicted octanol–water partition coefficient (Wildman–Crippen LogP) is 1.55. The molecule has 0 aliphatic carbocycles. The van der Waals surface area contributed by atoms with Gasteiger partial charge in [-0.2, -0.15) is 5.10 Å². The number of fused-ring (bicyclic) bond motifs is 1. The maximum Gasteiger partial charge on any atom is 0.356 e. The van der Waals surface area contributed by atoms with Gasteiger partial charge in [-0.3, -0.25) is 0 Å².